The number of phenolic OH excluding ortho intramolecular Hbond substituents is 1. The lowest BCUT2D eigenvalue weighted by Crippen LogP contribution is -1.94. The van der Waals surface area contributed by atoms with Crippen LogP contribution in [0, 0.1) is 5.41 Å². The lowest BCUT2D eigenvalue weighted by Gasteiger charge is -2.06. The molecule has 0 aliphatic heterocycles. The van der Waals surface area contributed by atoms with Gasteiger partial charge in [-0.05, 0) is 28.1 Å². The largest absolute Gasteiger partial charge is 0.507 e. The minimum Gasteiger partial charge on any atom is -0.507 e. The third-order valence-electron chi connectivity index (χ3n) is 1.54. The molecule has 1 rings (SSSR count). The second-order valence-electron chi connectivity index (χ2n) is 2.29. The highest BCUT2D eigenvalue weighted by molar-refractivity contribution is 9.10. The van der Waals surface area contributed by atoms with E-state index in [4.69, 9.17) is 5.41 Å². The summed E-state index contributed by atoms with van der Waals surface area (Å²) >= 11 is 3.19. The first kappa shape index (κ1) is 9.06. The fraction of sp³-hybridized carbons (Fsp3) is 0.125. The maximum absolute atomic E-state index is 9.27. The number of hydrogen-bond acceptors (Lipinski definition) is 3. The number of benzene rings is 1. The van der Waals surface area contributed by atoms with Gasteiger partial charge in [0.05, 0.1) is 4.47 Å². The Bertz CT molecular complexity index is 312. The lowest BCUT2D eigenvalue weighted by atomic mass is 10.2. The molecule has 0 saturated heterocycles. The van der Waals surface area contributed by atoms with Gasteiger partial charge in [-0.3, -0.25) is 0 Å². The van der Waals surface area contributed by atoms with Gasteiger partial charge >= 0.3 is 0 Å². The minimum atomic E-state index is 0.146. The number of aromatic hydroxyl groups is 1. The number of halogens is 1. The van der Waals surface area contributed by atoms with Gasteiger partial charge in [0.25, 0.3) is 0 Å². The van der Waals surface area contributed by atoms with Crippen LogP contribution in [0.3, 0.4) is 0 Å². The average molecular weight is 229 g/mol. The first-order valence-electron chi connectivity index (χ1n) is 3.39. The molecule has 0 radical (unpaired) electrons. The Labute approximate surface area is 79.1 Å². The highest BCUT2D eigenvalue weighted by atomic mass is 79.9. The summed E-state index contributed by atoms with van der Waals surface area (Å²) < 4.78 is 0.623. The molecule has 0 atom stereocenters. The molecule has 0 aliphatic carbocycles. The van der Waals surface area contributed by atoms with E-state index in [1.165, 1.54) is 12.3 Å². The molecule has 0 fully saturated rings. The fourth-order valence-electron chi connectivity index (χ4n) is 0.914. The number of anilines is 1. The van der Waals surface area contributed by atoms with Crippen LogP contribution in [0.2, 0.25) is 0 Å². The predicted octanol–water partition coefficient (Wildman–Crippen LogP) is 2.19. The molecule has 0 spiro atoms. The van der Waals surface area contributed by atoms with Crippen molar-refractivity contribution in [3.63, 3.8) is 0 Å². The van der Waals surface area contributed by atoms with Gasteiger partial charge in [-0.2, -0.15) is 0 Å². The Balaban J connectivity index is 3.28. The summed E-state index contributed by atoms with van der Waals surface area (Å²) in [5.41, 5.74) is 1.48. The Kier molecular flexibility index (Phi) is 2.70. The zero-order chi connectivity index (χ0) is 9.14. The highest BCUT2D eigenvalue weighted by Crippen LogP contribution is 2.29. The van der Waals surface area contributed by atoms with Crippen molar-refractivity contribution in [2.24, 2.45) is 0 Å². The lowest BCUT2D eigenvalue weighted by molar-refractivity contribution is 0.472. The predicted molar refractivity (Wildman–Crippen MR) is 53.2 cm³/mol. The van der Waals surface area contributed by atoms with Crippen molar-refractivity contribution in [1.29, 1.82) is 5.41 Å². The maximum atomic E-state index is 9.27. The molecule has 0 amide bonds. The summed E-state index contributed by atoms with van der Waals surface area (Å²) in [4.78, 5) is 0. The number of rotatable bonds is 2. The van der Waals surface area contributed by atoms with Crippen molar-refractivity contribution in [2.75, 3.05) is 12.4 Å². The Morgan fingerprint density at radius 1 is 1.58 bits per heavy atom. The van der Waals surface area contributed by atoms with Gasteiger partial charge in [-0.25, -0.2) is 0 Å². The summed E-state index contributed by atoms with van der Waals surface area (Å²) in [5, 5.41) is 19.3. The first-order valence-corrected chi connectivity index (χ1v) is 4.19. The van der Waals surface area contributed by atoms with E-state index in [1.54, 1.807) is 13.1 Å². The van der Waals surface area contributed by atoms with Crippen LogP contribution in [-0.2, 0) is 0 Å². The fourth-order valence-corrected chi connectivity index (χ4v) is 1.26. The molecule has 3 N–H and O–H groups in total. The molecule has 0 unspecified atom stereocenters. The molecule has 3 nitrogen and oxygen atoms in total. The zero-order valence-corrected chi connectivity index (χ0v) is 8.14. The highest BCUT2D eigenvalue weighted by Gasteiger charge is 2.03. The van der Waals surface area contributed by atoms with Crippen LogP contribution in [0.25, 0.3) is 0 Å². The quantitative estimate of drug-likeness (QED) is 0.537. The minimum absolute atomic E-state index is 0.146. The van der Waals surface area contributed by atoms with E-state index >= 15 is 0 Å². The van der Waals surface area contributed by atoms with Crippen LogP contribution >= 0.6 is 15.9 Å². The molecule has 64 valence electrons. The Morgan fingerprint density at radius 3 is 2.75 bits per heavy atom. The maximum Gasteiger partial charge on any atom is 0.130 e. The summed E-state index contributed by atoms with van der Waals surface area (Å²) in [7, 11) is 1.77. The van der Waals surface area contributed by atoms with Crippen molar-refractivity contribution < 1.29 is 5.11 Å². The Morgan fingerprint density at radius 2 is 2.25 bits per heavy atom. The van der Waals surface area contributed by atoms with E-state index in [2.05, 4.69) is 21.2 Å². The normalized spacial score (nSPS) is 9.50. The monoisotopic (exact) mass is 228 g/mol. The SMILES string of the molecule is CNc1cc(Br)c(O)cc1C=N. The topological polar surface area (TPSA) is 56.1 Å². The van der Waals surface area contributed by atoms with Crippen LogP contribution in [0.15, 0.2) is 16.6 Å². The Hall–Kier alpha value is -1.03. The van der Waals surface area contributed by atoms with Crippen LogP contribution in [0.5, 0.6) is 5.75 Å². The molecular weight excluding hydrogens is 220 g/mol. The molecular formula is C8H9BrN2O. The third-order valence-corrected chi connectivity index (χ3v) is 2.18. The van der Waals surface area contributed by atoms with Crippen molar-refractivity contribution >= 4 is 27.8 Å². The van der Waals surface area contributed by atoms with E-state index in [0.717, 1.165) is 5.69 Å². The van der Waals surface area contributed by atoms with E-state index in [-0.39, 0.29) is 5.75 Å². The zero-order valence-electron chi connectivity index (χ0n) is 6.56. The van der Waals surface area contributed by atoms with Gasteiger partial charge in [0.1, 0.15) is 5.75 Å². The van der Waals surface area contributed by atoms with Crippen LogP contribution in [0.4, 0.5) is 5.69 Å². The molecule has 1 aromatic carbocycles. The first-order chi connectivity index (χ1) is 5.69. The molecule has 0 bridgehead atoms. The van der Waals surface area contributed by atoms with Gasteiger partial charge < -0.3 is 15.8 Å². The molecule has 0 aromatic heterocycles. The van der Waals surface area contributed by atoms with Crippen LogP contribution in [-0.4, -0.2) is 18.4 Å². The van der Waals surface area contributed by atoms with Gasteiger partial charge in [-0.1, -0.05) is 0 Å². The smallest absolute Gasteiger partial charge is 0.130 e. The van der Waals surface area contributed by atoms with Gasteiger partial charge in [0.15, 0.2) is 0 Å². The van der Waals surface area contributed by atoms with E-state index in [1.807, 2.05) is 0 Å². The third kappa shape index (κ3) is 1.58. The molecule has 4 heteroatoms. The summed E-state index contributed by atoms with van der Waals surface area (Å²) in [5.74, 6) is 0.146. The van der Waals surface area contributed by atoms with Gasteiger partial charge in [-0.15, -0.1) is 0 Å². The summed E-state index contributed by atoms with van der Waals surface area (Å²) in [6.07, 6.45) is 1.19. The second kappa shape index (κ2) is 3.58. The van der Waals surface area contributed by atoms with Crippen LogP contribution in [0.1, 0.15) is 5.56 Å². The molecule has 0 heterocycles. The molecule has 0 saturated carbocycles. The van der Waals surface area contributed by atoms with Crippen LogP contribution < -0.4 is 5.32 Å². The number of phenols is 1. The summed E-state index contributed by atoms with van der Waals surface area (Å²) in [6.45, 7) is 0. The standard InChI is InChI=1S/C8H9BrN2O/c1-11-7-3-6(9)8(12)2-5(7)4-10/h2-4,10-12H,1H3. The van der Waals surface area contributed by atoms with Crippen molar-refractivity contribution in [3.8, 4) is 5.75 Å². The van der Waals surface area contributed by atoms with Crippen molar-refractivity contribution in [3.05, 3.63) is 22.2 Å². The van der Waals surface area contributed by atoms with E-state index < -0.39 is 0 Å². The average Bonchev–Trinajstić information content (AvgIpc) is 2.09. The number of nitrogens with one attached hydrogen (secondary N) is 2. The van der Waals surface area contributed by atoms with E-state index in [0.29, 0.717) is 10.0 Å². The molecule has 1 aromatic rings. The molecule has 12 heavy (non-hydrogen) atoms. The van der Waals surface area contributed by atoms with Gasteiger partial charge in [0, 0.05) is 24.5 Å². The summed E-state index contributed by atoms with van der Waals surface area (Å²) in [6, 6.07) is 3.26. The van der Waals surface area contributed by atoms with Crippen molar-refractivity contribution in [2.45, 2.75) is 0 Å². The van der Waals surface area contributed by atoms with Gasteiger partial charge in [0.2, 0.25) is 0 Å². The van der Waals surface area contributed by atoms with Crippen molar-refractivity contribution in [1.82, 2.24) is 0 Å². The second-order valence-corrected chi connectivity index (χ2v) is 3.14. The number of hydrogen-bond donors (Lipinski definition) is 3. The molecule has 0 aliphatic rings. The van der Waals surface area contributed by atoms with E-state index in [9.17, 15) is 5.11 Å².